The molecular weight excluding hydrogens is 272 g/mol. The second-order valence-electron chi connectivity index (χ2n) is 4.80. The van der Waals surface area contributed by atoms with Crippen LogP contribution in [0.15, 0.2) is 23.2 Å². The van der Waals surface area contributed by atoms with E-state index < -0.39 is 0 Å². The first-order valence-electron chi connectivity index (χ1n) is 6.65. The molecule has 0 aromatic carbocycles. The number of rotatable bonds is 3. The Morgan fingerprint density at radius 2 is 2.15 bits per heavy atom. The molecule has 3 aromatic heterocycles. The van der Waals surface area contributed by atoms with E-state index in [1.54, 1.807) is 17.7 Å². The van der Waals surface area contributed by atoms with Crippen LogP contribution >= 0.6 is 11.3 Å². The molecule has 1 fully saturated rings. The maximum absolute atomic E-state index is 4.67. The van der Waals surface area contributed by atoms with E-state index in [1.165, 1.54) is 12.8 Å². The summed E-state index contributed by atoms with van der Waals surface area (Å²) in [7, 11) is 0. The van der Waals surface area contributed by atoms with Crippen LogP contribution in [0.25, 0.3) is 11.2 Å². The maximum Gasteiger partial charge on any atom is 0.231 e. The highest BCUT2D eigenvalue weighted by Crippen LogP contribution is 2.27. The van der Waals surface area contributed by atoms with Crippen LogP contribution in [-0.2, 0) is 0 Å². The Morgan fingerprint density at radius 1 is 1.25 bits per heavy atom. The molecule has 2 N–H and O–H groups in total. The molecule has 0 radical (unpaired) electrons. The number of fused-ring (bicyclic) bond motifs is 1. The van der Waals surface area contributed by atoms with E-state index in [9.17, 15) is 0 Å². The predicted molar refractivity (Wildman–Crippen MR) is 80.7 cm³/mol. The molecule has 0 unspecified atom stereocenters. The van der Waals surface area contributed by atoms with Gasteiger partial charge >= 0.3 is 0 Å². The summed E-state index contributed by atoms with van der Waals surface area (Å²) < 4.78 is 0. The first-order chi connectivity index (χ1) is 9.90. The number of aromatic nitrogens is 4. The van der Waals surface area contributed by atoms with Crippen LogP contribution in [-0.4, -0.2) is 33.0 Å². The minimum Gasteiger partial charge on any atom is -0.355 e. The summed E-state index contributed by atoms with van der Waals surface area (Å²) in [5, 5.41) is 7.30. The predicted octanol–water partition coefficient (Wildman–Crippen LogP) is 2.76. The van der Waals surface area contributed by atoms with Crippen molar-refractivity contribution >= 4 is 40.0 Å². The Bertz CT molecular complexity index is 714. The summed E-state index contributed by atoms with van der Waals surface area (Å²) in [4.78, 5) is 18.8. The van der Waals surface area contributed by atoms with E-state index >= 15 is 0 Å². The lowest BCUT2D eigenvalue weighted by Crippen LogP contribution is -2.20. The quantitative estimate of drug-likeness (QED) is 0.774. The third kappa shape index (κ3) is 2.00. The molecule has 3 aromatic rings. The molecule has 7 heteroatoms. The number of nitrogens with zero attached hydrogens (tertiary/aromatic N) is 4. The molecule has 1 aliphatic rings. The highest BCUT2D eigenvalue weighted by atomic mass is 32.1. The van der Waals surface area contributed by atoms with Crippen molar-refractivity contribution in [2.24, 2.45) is 0 Å². The van der Waals surface area contributed by atoms with Crippen LogP contribution < -0.4 is 10.2 Å². The molecule has 20 heavy (non-hydrogen) atoms. The summed E-state index contributed by atoms with van der Waals surface area (Å²) in [6, 6.07) is 2.01. The molecule has 102 valence electrons. The number of thiophene rings is 1. The summed E-state index contributed by atoms with van der Waals surface area (Å²) in [6.07, 6.45) is 4.10. The van der Waals surface area contributed by atoms with Crippen LogP contribution in [0.5, 0.6) is 0 Å². The van der Waals surface area contributed by atoms with E-state index in [-0.39, 0.29) is 0 Å². The second kappa shape index (κ2) is 4.75. The first-order valence-corrected chi connectivity index (χ1v) is 7.60. The summed E-state index contributed by atoms with van der Waals surface area (Å²) >= 11 is 1.64. The molecule has 0 aliphatic carbocycles. The molecule has 4 heterocycles. The van der Waals surface area contributed by atoms with Crippen molar-refractivity contribution in [3.05, 3.63) is 23.2 Å². The van der Waals surface area contributed by atoms with Crippen molar-refractivity contribution in [1.29, 1.82) is 0 Å². The average Bonchev–Trinajstić information content (AvgIpc) is 3.20. The van der Waals surface area contributed by atoms with Crippen molar-refractivity contribution in [3.63, 3.8) is 0 Å². The van der Waals surface area contributed by atoms with Crippen molar-refractivity contribution in [2.75, 3.05) is 23.3 Å². The summed E-state index contributed by atoms with van der Waals surface area (Å²) in [5.41, 5.74) is 2.64. The van der Waals surface area contributed by atoms with Crippen LogP contribution in [0.4, 0.5) is 17.5 Å². The van der Waals surface area contributed by atoms with Crippen molar-refractivity contribution < 1.29 is 0 Å². The summed E-state index contributed by atoms with van der Waals surface area (Å²) in [6.45, 7) is 2.09. The fourth-order valence-electron chi connectivity index (χ4n) is 2.50. The topological polar surface area (TPSA) is 69.7 Å². The van der Waals surface area contributed by atoms with Gasteiger partial charge in [-0.3, -0.25) is 0 Å². The number of anilines is 3. The molecule has 0 amide bonds. The molecule has 0 spiro atoms. The van der Waals surface area contributed by atoms with Gasteiger partial charge in [-0.1, -0.05) is 0 Å². The number of imidazole rings is 1. The van der Waals surface area contributed by atoms with Gasteiger partial charge in [-0.2, -0.15) is 21.3 Å². The van der Waals surface area contributed by atoms with E-state index in [0.29, 0.717) is 11.6 Å². The second-order valence-corrected chi connectivity index (χ2v) is 5.58. The van der Waals surface area contributed by atoms with Gasteiger partial charge in [-0.25, -0.2) is 4.98 Å². The number of hydrogen-bond acceptors (Lipinski definition) is 6. The molecule has 0 saturated carbocycles. The smallest absolute Gasteiger partial charge is 0.231 e. The highest BCUT2D eigenvalue weighted by Gasteiger charge is 2.19. The first kappa shape index (κ1) is 11.7. The van der Waals surface area contributed by atoms with Gasteiger partial charge in [0.15, 0.2) is 11.5 Å². The van der Waals surface area contributed by atoms with Crippen LogP contribution in [0.2, 0.25) is 0 Å². The Balaban J connectivity index is 1.77. The van der Waals surface area contributed by atoms with Gasteiger partial charge in [-0.05, 0) is 24.3 Å². The third-order valence-electron chi connectivity index (χ3n) is 3.45. The van der Waals surface area contributed by atoms with E-state index in [2.05, 4.69) is 30.2 Å². The Hall–Kier alpha value is -2.15. The number of H-pyrrole nitrogens is 1. The molecule has 1 saturated heterocycles. The Labute approximate surface area is 119 Å². The fraction of sp³-hybridized carbons (Fsp3) is 0.308. The Morgan fingerprint density at radius 3 is 2.95 bits per heavy atom. The van der Waals surface area contributed by atoms with Gasteiger partial charge in [0.25, 0.3) is 0 Å². The van der Waals surface area contributed by atoms with Gasteiger partial charge in [0.2, 0.25) is 5.95 Å². The molecule has 1 aliphatic heterocycles. The van der Waals surface area contributed by atoms with Crippen LogP contribution in [0.1, 0.15) is 12.8 Å². The van der Waals surface area contributed by atoms with Gasteiger partial charge in [0.05, 0.1) is 12.0 Å². The standard InChI is InChI=1S/C13H14N6S/c1-2-5-19(4-1)12-10-11(15-8-14-10)17-13(18-12)16-9-3-6-20-7-9/h3,6-8H,1-2,4-5H2,(H2,14,15,16,17,18). The minimum atomic E-state index is 0.602. The zero-order valence-electron chi connectivity index (χ0n) is 10.8. The summed E-state index contributed by atoms with van der Waals surface area (Å²) in [5.74, 6) is 1.55. The average molecular weight is 286 g/mol. The lowest BCUT2D eigenvalue weighted by Gasteiger charge is -2.17. The molecule has 6 nitrogen and oxygen atoms in total. The third-order valence-corrected chi connectivity index (χ3v) is 4.13. The molecule has 4 rings (SSSR count). The minimum absolute atomic E-state index is 0.602. The molecule has 0 atom stereocenters. The number of aromatic amines is 1. The van der Waals surface area contributed by atoms with Crippen molar-refractivity contribution in [1.82, 2.24) is 19.9 Å². The zero-order chi connectivity index (χ0) is 13.4. The molecular formula is C13H14N6S. The molecule has 0 bridgehead atoms. The van der Waals surface area contributed by atoms with Crippen molar-refractivity contribution in [2.45, 2.75) is 12.8 Å². The van der Waals surface area contributed by atoms with Gasteiger partial charge in [0, 0.05) is 18.5 Å². The highest BCUT2D eigenvalue weighted by molar-refractivity contribution is 7.08. The lowest BCUT2D eigenvalue weighted by atomic mass is 10.4. The van der Waals surface area contributed by atoms with E-state index in [1.807, 2.05) is 16.8 Å². The van der Waals surface area contributed by atoms with Gasteiger partial charge in [-0.15, -0.1) is 0 Å². The van der Waals surface area contributed by atoms with Crippen LogP contribution in [0, 0.1) is 0 Å². The van der Waals surface area contributed by atoms with Crippen LogP contribution in [0.3, 0.4) is 0 Å². The number of hydrogen-bond donors (Lipinski definition) is 2. The maximum atomic E-state index is 4.67. The zero-order valence-corrected chi connectivity index (χ0v) is 11.7. The van der Waals surface area contributed by atoms with Crippen molar-refractivity contribution in [3.8, 4) is 0 Å². The normalized spacial score (nSPS) is 15.1. The van der Waals surface area contributed by atoms with E-state index in [4.69, 9.17) is 0 Å². The fourth-order valence-corrected chi connectivity index (χ4v) is 3.08. The van der Waals surface area contributed by atoms with Gasteiger partial charge in [0.1, 0.15) is 5.52 Å². The Kier molecular flexibility index (Phi) is 2.77. The largest absolute Gasteiger partial charge is 0.355 e. The SMILES string of the molecule is c1nc2nc(Nc3ccsc3)nc(N3CCCC3)c2[nH]1. The lowest BCUT2D eigenvalue weighted by molar-refractivity contribution is 0.938. The monoisotopic (exact) mass is 286 g/mol. The van der Waals surface area contributed by atoms with E-state index in [0.717, 1.165) is 30.1 Å². The van der Waals surface area contributed by atoms with Gasteiger partial charge < -0.3 is 15.2 Å². The number of nitrogens with one attached hydrogen (secondary N) is 2.